The van der Waals surface area contributed by atoms with Gasteiger partial charge in [0.2, 0.25) is 100 Å². The van der Waals surface area contributed by atoms with E-state index in [1.54, 1.807) is 44.2 Å². The van der Waals surface area contributed by atoms with Gasteiger partial charge >= 0.3 is 0 Å². The average molecular weight is 1850 g/mol. The molecule has 3 heterocycles. The number of nitrogens with zero attached hydrogens (tertiary/aromatic N) is 2. The number of phenolic OH excluding ortho intramolecular Hbond substituents is 1. The van der Waals surface area contributed by atoms with E-state index in [1.807, 2.05) is 0 Å². The molecule has 0 spiro atoms. The number of aromatic hydroxyl groups is 1. The van der Waals surface area contributed by atoms with E-state index in [9.17, 15) is 82.8 Å². The summed E-state index contributed by atoms with van der Waals surface area (Å²) in [6, 6.07) is -11.3. The van der Waals surface area contributed by atoms with Crippen molar-refractivity contribution in [1.82, 2.24) is 99.9 Å². The van der Waals surface area contributed by atoms with Gasteiger partial charge < -0.3 is 144 Å². The molecule has 2 aromatic carbocycles. The lowest BCUT2D eigenvalue weighted by molar-refractivity contribution is -0.142. The Balaban J connectivity index is 1.70. The molecule has 2 aliphatic heterocycles. The summed E-state index contributed by atoms with van der Waals surface area (Å²) in [5, 5.41) is 97.8. The highest BCUT2D eigenvalue weighted by molar-refractivity contribution is 8.76. The Hall–Kier alpha value is -12.5. The van der Waals surface area contributed by atoms with Crippen LogP contribution in [0.15, 0.2) is 67.1 Å². The first kappa shape index (κ1) is 107. The number of benzene rings is 2. The van der Waals surface area contributed by atoms with Gasteiger partial charge in [0.15, 0.2) is 11.9 Å². The molecule has 0 unspecified atom stereocenters. The monoisotopic (exact) mass is 1850 g/mol. The molecule has 5 rings (SSSR count). The number of aliphatic hydroxyl groups is 3. The zero-order valence-corrected chi connectivity index (χ0v) is 74.4. The lowest BCUT2D eigenvalue weighted by Gasteiger charge is -2.31. The topological polar surface area (TPSA) is 773 Å². The quantitative estimate of drug-likeness (QED) is 0.0110. The smallest absolute Gasteiger partial charge is 0.245 e. The van der Waals surface area contributed by atoms with Crippen molar-refractivity contribution in [3.8, 4) is 5.75 Å². The minimum atomic E-state index is -1.95. The summed E-state index contributed by atoms with van der Waals surface area (Å²) in [4.78, 5) is 252. The SMILES string of the molecule is CC(C)C[C@@H]1NC(=O)[C@@H](NC(=O)[C@@H](NC(=O)[C@H](CCC(N)=O)NC(=O)[C@@H](N)Cc2cnc[nH]2)C(C)C)CSSC[C@@H](C(=O)N[C@@H](Cc2ccccc2)C(=O)N[C@@H](CO)C(=O)N[C@H](C(N)=O)[C@@H](C)O)NC(=O)[C@H](C(C)C)NC(=O)[C@@H]2CCCN2C(=O)[C@H](CCCNC(=N)N)NC(=O)CNC(=O)[C@H](CCCNC(=N)N)NC(=O)[C@H](Cc2ccc(O)cc2)NC(=O)[C@H](CO)NC1=O. The van der Waals surface area contributed by atoms with Crippen molar-refractivity contribution in [1.29, 1.82) is 10.8 Å². The van der Waals surface area contributed by atoms with Crippen LogP contribution < -0.4 is 114 Å². The third-order valence-electron chi connectivity index (χ3n) is 20.4. The van der Waals surface area contributed by atoms with Crippen molar-refractivity contribution < 1.29 is 102 Å². The summed E-state index contributed by atoms with van der Waals surface area (Å²) < 4.78 is 0. The molecule has 3 aromatic rings. The Morgan fingerprint density at radius 2 is 1.18 bits per heavy atom. The number of amides is 17. The molecule has 712 valence electrons. The Kier molecular flexibility index (Phi) is 44.8. The number of aromatic nitrogens is 2. The number of carbonyl (C=O) groups is 17. The van der Waals surface area contributed by atoms with Crippen LogP contribution in [0.1, 0.15) is 123 Å². The number of hydrogen-bond donors (Lipinski definition) is 28. The first-order valence-electron chi connectivity index (χ1n) is 42.0. The number of aliphatic hydroxyl groups excluding tert-OH is 3. The van der Waals surface area contributed by atoms with Gasteiger partial charge in [0.1, 0.15) is 90.3 Å². The van der Waals surface area contributed by atoms with Gasteiger partial charge in [-0.05, 0) is 99.3 Å². The second-order valence-electron chi connectivity index (χ2n) is 32.1. The lowest BCUT2D eigenvalue weighted by Crippen LogP contribution is -2.62. The molecular weight excluding hydrogens is 1730 g/mol. The van der Waals surface area contributed by atoms with Crippen LogP contribution in [0.2, 0.25) is 0 Å². The molecule has 1 aromatic heterocycles. The average Bonchev–Trinajstić information content (AvgIpc) is 1.70. The van der Waals surface area contributed by atoms with Crippen molar-refractivity contribution in [2.24, 2.45) is 46.4 Å². The van der Waals surface area contributed by atoms with E-state index >= 15 is 19.2 Å². The first-order valence-corrected chi connectivity index (χ1v) is 44.4. The molecular formula is C80H124N26O21S2. The number of guanidine groups is 2. The maximum Gasteiger partial charge on any atom is 0.245 e. The number of hydrogen-bond acceptors (Lipinski definition) is 27. The maximum absolute atomic E-state index is 15.3. The normalized spacial score (nSPS) is 21.6. The van der Waals surface area contributed by atoms with E-state index < -0.39 is 277 Å². The number of primary amides is 2. The van der Waals surface area contributed by atoms with Crippen LogP contribution >= 0.6 is 21.6 Å². The van der Waals surface area contributed by atoms with Gasteiger partial charge in [-0.3, -0.25) is 92.3 Å². The van der Waals surface area contributed by atoms with Crippen LogP contribution in [0.25, 0.3) is 0 Å². The highest BCUT2D eigenvalue weighted by atomic mass is 33.1. The van der Waals surface area contributed by atoms with Gasteiger partial charge in [-0.15, -0.1) is 0 Å². The van der Waals surface area contributed by atoms with Crippen LogP contribution in [0, 0.1) is 28.6 Å². The number of phenols is 1. The number of carbonyl (C=O) groups excluding carboxylic acids is 17. The van der Waals surface area contributed by atoms with Crippen molar-refractivity contribution >= 4 is 134 Å². The Morgan fingerprint density at radius 3 is 1.76 bits per heavy atom. The minimum absolute atomic E-state index is 0.00176. The lowest BCUT2D eigenvalue weighted by atomic mass is 10.0. The van der Waals surface area contributed by atoms with Crippen molar-refractivity contribution in [3.63, 3.8) is 0 Å². The summed E-state index contributed by atoms with van der Waals surface area (Å²) in [6.07, 6.45) is -0.835. The Bertz CT molecular complexity index is 4350. The summed E-state index contributed by atoms with van der Waals surface area (Å²) >= 11 is 0. The summed E-state index contributed by atoms with van der Waals surface area (Å²) in [7, 11) is 1.51. The van der Waals surface area contributed by atoms with E-state index in [0.717, 1.165) is 28.5 Å². The third kappa shape index (κ3) is 36.7. The first-order chi connectivity index (χ1) is 61.0. The van der Waals surface area contributed by atoms with Gasteiger partial charge in [-0.1, -0.05) is 106 Å². The predicted octanol–water partition coefficient (Wildman–Crippen LogP) is -8.72. The van der Waals surface area contributed by atoms with Crippen molar-refractivity contribution in [2.75, 3.05) is 50.9 Å². The molecule has 2 fully saturated rings. The summed E-state index contributed by atoms with van der Waals surface area (Å²) in [5.41, 5.74) is 29.4. The molecule has 129 heavy (non-hydrogen) atoms. The standard InChI is InChI=1S/C80H124N26O21S2/c1-39(2)28-51-68(117)99-54(34-107)71(120)97-53(30-44-19-21-46(110)22-20-44)69(118)95-48(16-11-25-89-79(84)85)66(115)91-33-60(112)93-50(17-12-26-90-80(86)87)78(127)106-27-13-18-58(106)75(124)104-62(41(5)6)77(126)102-57(74(123)98-52(29-43-14-9-8-10-15-43)70(119)100-55(35-108)72(121)105-63(42(7)109)64(83)113)37-129-128-36-56(73(122)96-51)101-76(125)61(40(3)4)103-67(116)49(23-24-59(82)111)94-65(114)47(81)31-45-32-88-38-92-45/h8-10,14-15,19-22,32,38-42,47-58,61-63,107-110H,11-13,16-18,23-31,33-37,81H2,1-7H3,(H2,82,111)(H2,83,113)(H,88,92)(H,91,115)(H,93,112)(H,94,114)(H,95,118)(H,96,122)(H,97,120)(H,98,123)(H,99,117)(H,100,119)(H,101,125)(H,102,126)(H,103,116)(H,104,124)(H,105,121)(H4,84,85,89)(H4,86,87,90)/t42-,47+,48+,49+,50+,51+,52+,53+,54+,55+,56+,57+,58+,61+,62+,63+/m1/s1. The molecule has 0 bridgehead atoms. The third-order valence-corrected chi connectivity index (χ3v) is 22.9. The zero-order chi connectivity index (χ0) is 95.9. The molecule has 17 amide bonds. The highest BCUT2D eigenvalue weighted by Gasteiger charge is 2.43. The van der Waals surface area contributed by atoms with Gasteiger partial charge in [-0.2, -0.15) is 0 Å². The van der Waals surface area contributed by atoms with Crippen molar-refractivity contribution in [2.45, 2.75) is 222 Å². The highest BCUT2D eigenvalue weighted by Crippen LogP contribution is 2.26. The van der Waals surface area contributed by atoms with E-state index in [2.05, 4.69) is 95.0 Å². The molecule has 2 saturated heterocycles. The molecule has 0 radical (unpaired) electrons. The van der Waals surface area contributed by atoms with E-state index in [4.69, 9.17) is 39.5 Å². The van der Waals surface area contributed by atoms with Crippen LogP contribution in [0.5, 0.6) is 5.75 Å². The van der Waals surface area contributed by atoms with E-state index in [-0.39, 0.29) is 83.2 Å². The van der Waals surface area contributed by atoms with E-state index in [0.29, 0.717) is 16.8 Å². The minimum Gasteiger partial charge on any atom is -0.508 e. The maximum atomic E-state index is 15.3. The molecule has 0 aliphatic carbocycles. The molecule has 2 aliphatic rings. The number of H-pyrrole nitrogens is 1. The van der Waals surface area contributed by atoms with Crippen LogP contribution in [-0.4, -0.2) is 295 Å². The van der Waals surface area contributed by atoms with Crippen molar-refractivity contribution in [3.05, 3.63) is 83.9 Å². The fraction of sp³-hybridized carbons (Fsp3) is 0.575. The number of nitrogens with one attached hydrogen (secondary N) is 19. The van der Waals surface area contributed by atoms with Gasteiger partial charge in [0, 0.05) is 68.7 Å². The summed E-state index contributed by atoms with van der Waals surface area (Å²) in [5.74, 6) is -22.1. The molecule has 16 atom stereocenters. The molecule has 33 N–H and O–H groups in total. The number of fused-ring (bicyclic) bond motifs is 1. The summed E-state index contributed by atoms with van der Waals surface area (Å²) in [6.45, 7) is 7.25. The Labute approximate surface area is 752 Å². The van der Waals surface area contributed by atoms with Crippen LogP contribution in [0.4, 0.5) is 0 Å². The number of imidazole rings is 1. The second kappa shape index (κ2) is 54.0. The van der Waals surface area contributed by atoms with E-state index in [1.165, 1.54) is 69.4 Å². The van der Waals surface area contributed by atoms with Gasteiger partial charge in [-0.25, -0.2) is 4.98 Å². The van der Waals surface area contributed by atoms with Gasteiger partial charge in [0.25, 0.3) is 0 Å². The fourth-order valence-corrected chi connectivity index (χ4v) is 15.8. The Morgan fingerprint density at radius 1 is 0.597 bits per heavy atom. The second-order valence-corrected chi connectivity index (χ2v) is 34.7. The van der Waals surface area contributed by atoms with Crippen LogP contribution in [0.3, 0.4) is 0 Å². The van der Waals surface area contributed by atoms with Crippen LogP contribution in [-0.2, 0) is 101 Å². The molecule has 0 saturated carbocycles. The largest absolute Gasteiger partial charge is 0.508 e. The fourth-order valence-electron chi connectivity index (χ4n) is 13.4. The number of nitrogens with two attached hydrogens (primary N) is 5. The van der Waals surface area contributed by atoms with Gasteiger partial charge in [0.05, 0.1) is 38.2 Å². The molecule has 49 heteroatoms. The predicted molar refractivity (Wildman–Crippen MR) is 471 cm³/mol. The number of aromatic amines is 1. The molecule has 47 nitrogen and oxygen atoms in total. The number of rotatable bonds is 37. The zero-order valence-electron chi connectivity index (χ0n) is 72.8.